The number of carbonyl (C=O) groups is 2. The largest absolute Gasteiger partial charge is 0.447 e. The first-order valence-electron chi connectivity index (χ1n) is 11.8. The van der Waals surface area contributed by atoms with Crippen LogP contribution in [0.2, 0.25) is 0 Å². The fraction of sp³-hybridized carbons (Fsp3) is 0.727. The highest BCUT2D eigenvalue weighted by atomic mass is 32.2. The highest BCUT2D eigenvalue weighted by molar-refractivity contribution is 8.13. The van der Waals surface area contributed by atoms with Crippen molar-refractivity contribution in [3.05, 3.63) is 33.1 Å². The molecule has 0 aromatic carbocycles. The minimum absolute atomic E-state index is 0.0328. The normalized spacial score (nSPS) is 25.9. The molecular formula is C22H34N3O9PS. The van der Waals surface area contributed by atoms with Crippen molar-refractivity contribution in [2.45, 2.75) is 65.6 Å². The van der Waals surface area contributed by atoms with Crippen LogP contribution < -0.4 is 16.6 Å². The van der Waals surface area contributed by atoms with E-state index in [0.717, 1.165) is 11.8 Å². The van der Waals surface area contributed by atoms with Crippen LogP contribution in [-0.2, 0) is 27.9 Å². The van der Waals surface area contributed by atoms with Crippen molar-refractivity contribution in [3.8, 4) is 0 Å². The van der Waals surface area contributed by atoms with Gasteiger partial charge in [-0.2, -0.15) is 0 Å². The van der Waals surface area contributed by atoms with Crippen molar-refractivity contribution >= 4 is 31.2 Å². The van der Waals surface area contributed by atoms with Crippen LogP contribution in [0, 0.1) is 17.3 Å². The summed E-state index contributed by atoms with van der Waals surface area (Å²) in [6, 6.07) is 1.26. The Morgan fingerprint density at radius 2 is 2.06 bits per heavy atom. The molecule has 2 fully saturated rings. The molecule has 36 heavy (non-hydrogen) atoms. The summed E-state index contributed by atoms with van der Waals surface area (Å²) >= 11 is 1.08. The minimum Gasteiger partial charge on any atom is -0.447 e. The first-order chi connectivity index (χ1) is 16.9. The standard InChI is InChI=1S/C22H34N3O9PS/c1-12(2)32-21(29)23-8-7-22(4,5)19(27)36-11-10-31-35(30)34-17-15-13(3)18(33-16(15)17)25-9-6-14(26)24-20(25)28/h6,9,12-13,15-18,35H,7-8,10-11H2,1-5H3,(H,23,29)(H,24,26,28)/t13-,15?,16-,17?,18+/m0/s1. The number of hydrogen-bond donors (Lipinski definition) is 2. The average molecular weight is 548 g/mol. The van der Waals surface area contributed by atoms with Crippen LogP contribution in [0.25, 0.3) is 0 Å². The molecule has 1 aliphatic heterocycles. The predicted molar refractivity (Wildman–Crippen MR) is 133 cm³/mol. The average Bonchev–Trinajstić information content (AvgIpc) is 3.33. The summed E-state index contributed by atoms with van der Waals surface area (Å²) in [4.78, 5) is 49.5. The van der Waals surface area contributed by atoms with E-state index in [4.69, 9.17) is 18.5 Å². The number of hydrogen-bond acceptors (Lipinski definition) is 10. The van der Waals surface area contributed by atoms with E-state index in [2.05, 4.69) is 10.3 Å². The smallest absolute Gasteiger partial charge is 0.407 e. The molecule has 12 nitrogen and oxygen atoms in total. The number of carbonyl (C=O) groups excluding carboxylic acids is 2. The van der Waals surface area contributed by atoms with Crippen LogP contribution in [0.5, 0.6) is 0 Å². The minimum atomic E-state index is -2.78. The summed E-state index contributed by atoms with van der Waals surface area (Å²) in [6.07, 6.45) is -0.108. The molecular weight excluding hydrogens is 513 g/mol. The molecule has 1 saturated carbocycles. The fourth-order valence-corrected chi connectivity index (χ4v) is 5.89. The van der Waals surface area contributed by atoms with Gasteiger partial charge in [-0.25, -0.2) is 9.59 Å². The molecule has 1 aliphatic carbocycles. The third kappa shape index (κ3) is 7.32. The number of rotatable bonds is 12. The molecule has 2 heterocycles. The van der Waals surface area contributed by atoms with Crippen molar-refractivity contribution < 1.29 is 32.7 Å². The van der Waals surface area contributed by atoms with E-state index in [1.54, 1.807) is 27.7 Å². The van der Waals surface area contributed by atoms with Crippen LogP contribution >= 0.6 is 20.0 Å². The molecule has 1 amide bonds. The molecule has 2 aliphatic rings. The lowest BCUT2D eigenvalue weighted by Crippen LogP contribution is -2.34. The summed E-state index contributed by atoms with van der Waals surface area (Å²) in [5.41, 5.74) is -1.69. The highest BCUT2D eigenvalue weighted by Crippen LogP contribution is 2.57. The number of nitrogens with one attached hydrogen (secondary N) is 2. The summed E-state index contributed by atoms with van der Waals surface area (Å²) in [5.74, 6) is 0.192. The van der Waals surface area contributed by atoms with E-state index in [9.17, 15) is 23.7 Å². The fourth-order valence-electron chi connectivity index (χ4n) is 4.05. The van der Waals surface area contributed by atoms with E-state index in [1.165, 1.54) is 16.8 Å². The summed E-state index contributed by atoms with van der Waals surface area (Å²) in [7, 11) is -2.78. The molecule has 1 aromatic rings. The lowest BCUT2D eigenvalue weighted by Gasteiger charge is -2.23. The Morgan fingerprint density at radius 3 is 2.67 bits per heavy atom. The predicted octanol–water partition coefficient (Wildman–Crippen LogP) is 2.30. The number of aromatic nitrogens is 2. The maximum atomic E-state index is 12.5. The van der Waals surface area contributed by atoms with Gasteiger partial charge in [0.05, 0.1) is 24.9 Å². The first-order valence-corrected chi connectivity index (χ1v) is 14.0. The summed E-state index contributed by atoms with van der Waals surface area (Å²) < 4.78 is 35.2. The van der Waals surface area contributed by atoms with E-state index in [1.807, 2.05) is 6.92 Å². The zero-order chi connectivity index (χ0) is 26.6. The molecule has 1 aromatic heterocycles. The molecule has 14 heteroatoms. The van der Waals surface area contributed by atoms with E-state index in [0.29, 0.717) is 18.7 Å². The SMILES string of the molecule is CC(C)OC(=O)NCCC(C)(C)C(=O)SCCO[PH](=O)OC1C2[C@@H]1O[C@@H](n1ccc(=O)[nH]c1=O)[C@H]2C. The van der Waals surface area contributed by atoms with Crippen molar-refractivity contribution in [3.63, 3.8) is 0 Å². The molecule has 3 rings (SSSR count). The maximum absolute atomic E-state index is 12.5. The lowest BCUT2D eigenvalue weighted by atomic mass is 9.91. The zero-order valence-electron chi connectivity index (χ0n) is 21.0. The topological polar surface area (TPSA) is 155 Å². The summed E-state index contributed by atoms with van der Waals surface area (Å²) in [5, 5.41) is 2.56. The van der Waals surface area contributed by atoms with Gasteiger partial charge in [0.1, 0.15) is 6.23 Å². The number of fused-ring (bicyclic) bond motifs is 1. The Bertz CT molecular complexity index is 1090. The van der Waals surface area contributed by atoms with E-state index in [-0.39, 0.29) is 41.9 Å². The second-order valence-corrected chi connectivity index (χ2v) is 11.9. The zero-order valence-corrected chi connectivity index (χ0v) is 22.8. The Labute approximate surface area is 213 Å². The molecule has 0 spiro atoms. The number of H-pyrrole nitrogens is 1. The molecule has 2 N–H and O–H groups in total. The van der Waals surface area contributed by atoms with Crippen LogP contribution in [-0.4, -0.2) is 58.0 Å². The molecule has 1 saturated heterocycles. The van der Waals surface area contributed by atoms with Crippen molar-refractivity contribution in [2.24, 2.45) is 17.3 Å². The third-order valence-corrected chi connectivity index (χ3v) is 8.19. The van der Waals surface area contributed by atoms with Gasteiger partial charge in [-0.3, -0.25) is 23.7 Å². The molecule has 202 valence electrons. The van der Waals surface area contributed by atoms with Gasteiger partial charge >= 0.3 is 20.0 Å². The summed E-state index contributed by atoms with van der Waals surface area (Å²) in [6.45, 7) is 9.40. The van der Waals surface area contributed by atoms with Gasteiger partial charge in [0.2, 0.25) is 0 Å². The Balaban J connectivity index is 1.32. The number of alkyl carbamates (subject to hydrolysis) is 1. The van der Waals surface area contributed by atoms with Gasteiger partial charge in [0, 0.05) is 41.8 Å². The second kappa shape index (κ2) is 12.1. The van der Waals surface area contributed by atoms with Gasteiger partial charge in [-0.05, 0) is 20.3 Å². The molecule has 0 bridgehead atoms. The third-order valence-electron chi connectivity index (χ3n) is 6.10. The van der Waals surface area contributed by atoms with E-state index < -0.39 is 37.2 Å². The second-order valence-electron chi connectivity index (χ2n) is 9.78. The van der Waals surface area contributed by atoms with Crippen LogP contribution in [0.4, 0.5) is 4.79 Å². The highest BCUT2D eigenvalue weighted by Gasteiger charge is 2.64. The maximum Gasteiger partial charge on any atom is 0.407 e. The molecule has 0 radical (unpaired) electrons. The van der Waals surface area contributed by atoms with Crippen molar-refractivity contribution in [1.82, 2.24) is 14.9 Å². The number of ether oxygens (including phenoxy) is 2. The first kappa shape index (κ1) is 28.6. The van der Waals surface area contributed by atoms with Gasteiger partial charge in [0.25, 0.3) is 5.56 Å². The quantitative estimate of drug-likeness (QED) is 0.294. The van der Waals surface area contributed by atoms with Gasteiger partial charge in [0.15, 0.2) is 5.12 Å². The lowest BCUT2D eigenvalue weighted by molar-refractivity contribution is -0.118. The van der Waals surface area contributed by atoms with E-state index >= 15 is 0 Å². The van der Waals surface area contributed by atoms with Gasteiger partial charge in [-0.15, -0.1) is 0 Å². The number of thioether (sulfide) groups is 1. The Kier molecular flexibility index (Phi) is 9.62. The van der Waals surface area contributed by atoms with Gasteiger partial charge < -0.3 is 23.8 Å². The molecule has 3 unspecified atom stereocenters. The van der Waals surface area contributed by atoms with Crippen LogP contribution in [0.1, 0.15) is 47.3 Å². The Hall–Kier alpha value is -1.92. The number of amides is 1. The van der Waals surface area contributed by atoms with Crippen LogP contribution in [0.15, 0.2) is 21.9 Å². The Morgan fingerprint density at radius 1 is 1.33 bits per heavy atom. The van der Waals surface area contributed by atoms with Crippen molar-refractivity contribution in [2.75, 3.05) is 18.9 Å². The monoisotopic (exact) mass is 547 g/mol. The van der Waals surface area contributed by atoms with Crippen molar-refractivity contribution in [1.29, 1.82) is 0 Å². The van der Waals surface area contributed by atoms with Crippen LogP contribution in [0.3, 0.4) is 0 Å². The van der Waals surface area contributed by atoms with Gasteiger partial charge in [-0.1, -0.05) is 32.5 Å². The molecule has 6 atom stereocenters. The number of aromatic amines is 1. The number of nitrogens with zero attached hydrogens (tertiary/aromatic N) is 1.